The molecule has 0 radical (unpaired) electrons. The van der Waals surface area contributed by atoms with Gasteiger partial charge in [0.2, 0.25) is 16.5 Å². The Hall–Kier alpha value is -0.690. The molecule has 8 heteroatoms. The Morgan fingerprint density at radius 2 is 1.68 bits per heavy atom. The fourth-order valence-corrected chi connectivity index (χ4v) is 4.43. The molecule has 1 unspecified atom stereocenters. The van der Waals surface area contributed by atoms with Gasteiger partial charge in [0.05, 0.1) is 6.10 Å². The van der Waals surface area contributed by atoms with Crippen LogP contribution in [0.3, 0.4) is 0 Å². The first-order chi connectivity index (χ1) is 11.6. The van der Waals surface area contributed by atoms with Crippen LogP contribution in [0.5, 0.6) is 0 Å². The second-order valence-electron chi connectivity index (χ2n) is 7.97. The van der Waals surface area contributed by atoms with Gasteiger partial charge in [0.25, 0.3) is 0 Å². The van der Waals surface area contributed by atoms with Crippen LogP contribution in [0.1, 0.15) is 53.9 Å². The lowest BCUT2D eigenvalue weighted by molar-refractivity contribution is -0.0247. The highest BCUT2D eigenvalue weighted by Gasteiger charge is 2.40. The van der Waals surface area contributed by atoms with E-state index in [1.54, 1.807) is 0 Å². The van der Waals surface area contributed by atoms with Crippen LogP contribution in [-0.4, -0.2) is 45.3 Å². The van der Waals surface area contributed by atoms with Gasteiger partial charge < -0.3 is 15.4 Å². The second kappa shape index (κ2) is 8.33. The maximum atomic E-state index is 6.08. The predicted molar refractivity (Wildman–Crippen MR) is 102 cm³/mol. The average molecular weight is 390 g/mol. The standard InChI is InChI=1S/C17H29Cl2N5O/c1-6-25-12(11-9-16(2,3)24-17(4,5)10-11)7-8-20-15-22-13(18)21-14(19)23-15/h11-12,24H,6-10H2,1-5H3,(H,20,21,22,23). The minimum atomic E-state index is 0.0886. The van der Waals surface area contributed by atoms with Crippen molar-refractivity contribution >= 4 is 29.2 Å². The first-order valence-electron chi connectivity index (χ1n) is 8.82. The Morgan fingerprint density at radius 3 is 2.20 bits per heavy atom. The number of piperidine rings is 1. The van der Waals surface area contributed by atoms with Gasteiger partial charge >= 0.3 is 0 Å². The van der Waals surface area contributed by atoms with Crippen molar-refractivity contribution in [3.05, 3.63) is 10.6 Å². The summed E-state index contributed by atoms with van der Waals surface area (Å²) in [6.45, 7) is 12.5. The molecule has 0 bridgehead atoms. The van der Waals surface area contributed by atoms with Crippen LogP contribution in [0, 0.1) is 5.92 Å². The van der Waals surface area contributed by atoms with E-state index in [2.05, 4.69) is 53.3 Å². The smallest absolute Gasteiger partial charge is 0.228 e. The summed E-state index contributed by atoms with van der Waals surface area (Å²) in [6.07, 6.45) is 3.23. The van der Waals surface area contributed by atoms with Crippen molar-refractivity contribution in [1.82, 2.24) is 20.3 Å². The monoisotopic (exact) mass is 389 g/mol. The number of aromatic nitrogens is 3. The van der Waals surface area contributed by atoms with Crippen LogP contribution < -0.4 is 10.6 Å². The predicted octanol–water partition coefficient (Wildman–Crippen LogP) is 3.94. The van der Waals surface area contributed by atoms with E-state index < -0.39 is 0 Å². The zero-order valence-electron chi connectivity index (χ0n) is 15.7. The lowest BCUT2D eigenvalue weighted by Crippen LogP contribution is -2.59. The van der Waals surface area contributed by atoms with Crippen molar-refractivity contribution in [2.24, 2.45) is 5.92 Å². The van der Waals surface area contributed by atoms with Gasteiger partial charge in [0.15, 0.2) is 0 Å². The number of nitrogens with one attached hydrogen (secondary N) is 2. The van der Waals surface area contributed by atoms with Gasteiger partial charge in [0, 0.05) is 24.2 Å². The Kier molecular flexibility index (Phi) is 6.87. The van der Waals surface area contributed by atoms with E-state index in [9.17, 15) is 0 Å². The quantitative estimate of drug-likeness (QED) is 0.735. The summed E-state index contributed by atoms with van der Waals surface area (Å²) < 4.78 is 6.08. The van der Waals surface area contributed by atoms with Crippen LogP contribution in [0.2, 0.25) is 10.6 Å². The van der Waals surface area contributed by atoms with Crippen LogP contribution >= 0.6 is 23.2 Å². The molecule has 0 saturated carbocycles. The molecule has 1 saturated heterocycles. The van der Waals surface area contributed by atoms with Crippen molar-refractivity contribution in [2.75, 3.05) is 18.5 Å². The third kappa shape index (κ3) is 6.51. The normalized spacial score (nSPS) is 21.1. The zero-order chi connectivity index (χ0) is 18.7. The molecular weight excluding hydrogens is 361 g/mol. The summed E-state index contributed by atoms with van der Waals surface area (Å²) >= 11 is 11.6. The van der Waals surface area contributed by atoms with E-state index in [0.29, 0.717) is 25.0 Å². The molecule has 0 aromatic carbocycles. The number of nitrogens with zero attached hydrogens (tertiary/aromatic N) is 3. The second-order valence-corrected chi connectivity index (χ2v) is 8.64. The van der Waals surface area contributed by atoms with E-state index in [1.165, 1.54) is 0 Å². The molecule has 2 rings (SSSR count). The SMILES string of the molecule is CCOC(CCNc1nc(Cl)nc(Cl)n1)C1CC(C)(C)NC(C)(C)C1. The Balaban J connectivity index is 1.98. The fourth-order valence-electron chi connectivity index (χ4n) is 4.06. The van der Waals surface area contributed by atoms with Crippen LogP contribution in [0.15, 0.2) is 0 Å². The van der Waals surface area contributed by atoms with E-state index >= 15 is 0 Å². The third-order valence-corrected chi connectivity index (χ3v) is 4.76. The molecule has 0 aliphatic carbocycles. The van der Waals surface area contributed by atoms with Crippen molar-refractivity contribution in [1.29, 1.82) is 0 Å². The topological polar surface area (TPSA) is 72.0 Å². The molecule has 1 aromatic rings. The van der Waals surface area contributed by atoms with Crippen LogP contribution in [0.25, 0.3) is 0 Å². The van der Waals surface area contributed by atoms with E-state index in [0.717, 1.165) is 19.3 Å². The average Bonchev–Trinajstić information content (AvgIpc) is 2.42. The van der Waals surface area contributed by atoms with E-state index in [-0.39, 0.29) is 27.7 Å². The summed E-state index contributed by atoms with van der Waals surface area (Å²) in [5, 5.41) is 7.07. The van der Waals surface area contributed by atoms with Crippen LogP contribution in [0.4, 0.5) is 5.95 Å². The van der Waals surface area contributed by atoms with Gasteiger partial charge in [-0.3, -0.25) is 0 Å². The van der Waals surface area contributed by atoms with Gasteiger partial charge in [-0.25, -0.2) is 0 Å². The van der Waals surface area contributed by atoms with E-state index in [1.807, 2.05) is 6.92 Å². The lowest BCUT2D eigenvalue weighted by Gasteiger charge is -2.48. The molecule has 1 aliphatic heterocycles. The first kappa shape index (κ1) is 20.6. The maximum absolute atomic E-state index is 6.08. The molecule has 1 atom stereocenters. The minimum absolute atomic E-state index is 0.0886. The molecule has 0 spiro atoms. The van der Waals surface area contributed by atoms with Gasteiger partial charge in [-0.05, 0) is 83.0 Å². The molecule has 25 heavy (non-hydrogen) atoms. The molecule has 6 nitrogen and oxygen atoms in total. The van der Waals surface area contributed by atoms with Crippen LogP contribution in [-0.2, 0) is 4.74 Å². The van der Waals surface area contributed by atoms with Crippen molar-refractivity contribution in [2.45, 2.75) is 71.1 Å². The number of hydrogen-bond donors (Lipinski definition) is 2. The number of anilines is 1. The van der Waals surface area contributed by atoms with Crippen molar-refractivity contribution in [3.8, 4) is 0 Å². The first-order valence-corrected chi connectivity index (χ1v) is 9.58. The third-order valence-electron chi connectivity index (χ3n) is 4.42. The molecule has 1 fully saturated rings. The largest absolute Gasteiger partial charge is 0.378 e. The number of halogens is 2. The zero-order valence-corrected chi connectivity index (χ0v) is 17.2. The summed E-state index contributed by atoms with van der Waals surface area (Å²) in [4.78, 5) is 11.8. The van der Waals surface area contributed by atoms with E-state index in [4.69, 9.17) is 27.9 Å². The number of hydrogen-bond acceptors (Lipinski definition) is 6. The highest BCUT2D eigenvalue weighted by Crippen LogP contribution is 2.36. The summed E-state index contributed by atoms with van der Waals surface area (Å²) in [5.74, 6) is 0.893. The molecule has 1 aromatic heterocycles. The molecule has 2 heterocycles. The summed E-state index contributed by atoms with van der Waals surface area (Å²) in [6, 6.07) is 0. The van der Waals surface area contributed by atoms with Gasteiger partial charge in [-0.2, -0.15) is 15.0 Å². The Labute approximate surface area is 160 Å². The van der Waals surface area contributed by atoms with Gasteiger partial charge in [0.1, 0.15) is 0 Å². The molecule has 142 valence electrons. The lowest BCUT2D eigenvalue weighted by atomic mass is 9.73. The molecular formula is C17H29Cl2N5O. The summed E-state index contributed by atoms with van der Waals surface area (Å²) in [7, 11) is 0. The molecule has 1 aliphatic rings. The summed E-state index contributed by atoms with van der Waals surface area (Å²) in [5.41, 5.74) is 0.203. The van der Waals surface area contributed by atoms with Crippen molar-refractivity contribution < 1.29 is 4.74 Å². The number of rotatable bonds is 7. The fraction of sp³-hybridized carbons (Fsp3) is 0.824. The Bertz CT molecular complexity index is 546. The highest BCUT2D eigenvalue weighted by atomic mass is 35.5. The van der Waals surface area contributed by atoms with Gasteiger partial charge in [-0.1, -0.05) is 0 Å². The number of ether oxygens (including phenoxy) is 1. The highest BCUT2D eigenvalue weighted by molar-refractivity contribution is 6.31. The minimum Gasteiger partial charge on any atom is -0.378 e. The molecule has 0 amide bonds. The Morgan fingerprint density at radius 1 is 1.12 bits per heavy atom. The van der Waals surface area contributed by atoms with Crippen molar-refractivity contribution in [3.63, 3.8) is 0 Å². The van der Waals surface area contributed by atoms with Gasteiger partial charge in [-0.15, -0.1) is 0 Å². The molecule has 2 N–H and O–H groups in total. The maximum Gasteiger partial charge on any atom is 0.228 e.